The van der Waals surface area contributed by atoms with Crippen LogP contribution in [0.4, 0.5) is 5.13 Å². The number of thiazole rings is 1. The number of fused-ring (bicyclic) bond motifs is 1. The molecule has 2 heterocycles. The lowest BCUT2D eigenvalue weighted by molar-refractivity contribution is 0.0247. The maximum Gasteiger partial charge on any atom is 0.183 e. The highest BCUT2D eigenvalue weighted by Gasteiger charge is 2.14. The lowest BCUT2D eigenvalue weighted by Crippen LogP contribution is -2.26. The van der Waals surface area contributed by atoms with Crippen molar-refractivity contribution >= 4 is 26.7 Å². The molecule has 0 saturated carbocycles. The van der Waals surface area contributed by atoms with Gasteiger partial charge in [-0.3, -0.25) is 0 Å². The molecule has 1 fully saturated rings. The van der Waals surface area contributed by atoms with E-state index in [1.54, 1.807) is 11.3 Å². The maximum absolute atomic E-state index is 5.72. The molecule has 2 aromatic rings. The minimum absolute atomic E-state index is 0.328. The summed E-state index contributed by atoms with van der Waals surface area (Å²) < 4.78 is 12.4. The minimum atomic E-state index is 0.328. The van der Waals surface area contributed by atoms with Crippen molar-refractivity contribution in [1.29, 1.82) is 0 Å². The molecule has 1 saturated heterocycles. The third-order valence-electron chi connectivity index (χ3n) is 3.43. The van der Waals surface area contributed by atoms with Crippen LogP contribution >= 0.6 is 11.3 Å². The molecule has 0 spiro atoms. The van der Waals surface area contributed by atoms with E-state index in [4.69, 9.17) is 9.47 Å². The second-order valence-corrected chi connectivity index (χ2v) is 5.98. The highest BCUT2D eigenvalue weighted by molar-refractivity contribution is 7.22. The predicted molar refractivity (Wildman–Crippen MR) is 82.9 cm³/mol. The Hall–Kier alpha value is -1.33. The quantitative estimate of drug-likeness (QED) is 0.913. The topological polar surface area (TPSA) is 43.4 Å². The summed E-state index contributed by atoms with van der Waals surface area (Å²) in [6.45, 7) is 4.42. The van der Waals surface area contributed by atoms with Gasteiger partial charge in [-0.2, -0.15) is 0 Å². The largest absolute Gasteiger partial charge is 0.494 e. The fourth-order valence-electron chi connectivity index (χ4n) is 2.41. The molecule has 1 aromatic carbocycles. The summed E-state index contributed by atoms with van der Waals surface area (Å²) in [5.41, 5.74) is 1.02. The van der Waals surface area contributed by atoms with E-state index in [-0.39, 0.29) is 0 Å². The molecule has 1 aliphatic heterocycles. The maximum atomic E-state index is 5.72. The summed E-state index contributed by atoms with van der Waals surface area (Å²) in [5, 5.41) is 4.36. The first kappa shape index (κ1) is 13.6. The van der Waals surface area contributed by atoms with Crippen LogP contribution in [0.5, 0.6) is 5.75 Å². The molecule has 0 aliphatic carbocycles. The molecule has 0 bridgehead atoms. The minimum Gasteiger partial charge on any atom is -0.494 e. The summed E-state index contributed by atoms with van der Waals surface area (Å²) in [6.07, 6.45) is 3.93. The zero-order valence-corrected chi connectivity index (χ0v) is 12.5. The smallest absolute Gasteiger partial charge is 0.183 e. The standard InChI is InChI=1S/C15H20N2O2S/c1-2-18-11-6-7-13-14(9-11)20-15(17-13)16-10-12-5-3-4-8-19-12/h6-7,9,12H,2-5,8,10H2,1H3,(H,16,17). The SMILES string of the molecule is CCOc1ccc2nc(NCC3CCCCO3)sc2c1. The van der Waals surface area contributed by atoms with E-state index >= 15 is 0 Å². The van der Waals surface area contributed by atoms with Gasteiger partial charge in [-0.1, -0.05) is 11.3 Å². The molecule has 0 amide bonds. The van der Waals surface area contributed by atoms with E-state index in [1.807, 2.05) is 19.1 Å². The van der Waals surface area contributed by atoms with Crippen LogP contribution in [0.15, 0.2) is 18.2 Å². The lowest BCUT2D eigenvalue weighted by atomic mass is 10.1. The van der Waals surface area contributed by atoms with Crippen molar-refractivity contribution in [2.45, 2.75) is 32.3 Å². The van der Waals surface area contributed by atoms with Crippen LogP contribution in [0.3, 0.4) is 0 Å². The van der Waals surface area contributed by atoms with Gasteiger partial charge in [0.1, 0.15) is 5.75 Å². The fourth-order valence-corrected chi connectivity index (χ4v) is 3.31. The number of nitrogens with zero attached hydrogens (tertiary/aromatic N) is 1. The molecule has 1 atom stereocenters. The van der Waals surface area contributed by atoms with Crippen LogP contribution in [-0.4, -0.2) is 30.8 Å². The van der Waals surface area contributed by atoms with Gasteiger partial charge in [0.15, 0.2) is 5.13 Å². The van der Waals surface area contributed by atoms with Gasteiger partial charge in [-0.05, 0) is 44.4 Å². The third kappa shape index (κ3) is 3.22. The molecule has 5 heteroatoms. The Morgan fingerprint density at radius 2 is 2.40 bits per heavy atom. The number of rotatable bonds is 5. The summed E-state index contributed by atoms with van der Waals surface area (Å²) in [4.78, 5) is 4.59. The monoisotopic (exact) mass is 292 g/mol. The zero-order valence-electron chi connectivity index (χ0n) is 11.7. The van der Waals surface area contributed by atoms with E-state index in [0.717, 1.165) is 40.7 Å². The average Bonchev–Trinajstić information content (AvgIpc) is 2.89. The van der Waals surface area contributed by atoms with Crippen molar-refractivity contribution in [2.75, 3.05) is 25.1 Å². The lowest BCUT2D eigenvalue weighted by Gasteiger charge is -2.22. The van der Waals surface area contributed by atoms with E-state index in [1.165, 1.54) is 12.8 Å². The number of hydrogen-bond acceptors (Lipinski definition) is 5. The van der Waals surface area contributed by atoms with Gasteiger partial charge in [0.25, 0.3) is 0 Å². The average molecular weight is 292 g/mol. The molecule has 1 unspecified atom stereocenters. The van der Waals surface area contributed by atoms with Gasteiger partial charge >= 0.3 is 0 Å². The van der Waals surface area contributed by atoms with Crippen molar-refractivity contribution in [3.05, 3.63) is 18.2 Å². The van der Waals surface area contributed by atoms with E-state index < -0.39 is 0 Å². The number of benzene rings is 1. The molecule has 3 rings (SSSR count). The number of hydrogen-bond donors (Lipinski definition) is 1. The first-order valence-corrected chi connectivity index (χ1v) is 8.05. The van der Waals surface area contributed by atoms with Crippen LogP contribution in [-0.2, 0) is 4.74 Å². The summed E-state index contributed by atoms with van der Waals surface area (Å²) >= 11 is 1.67. The van der Waals surface area contributed by atoms with Crippen LogP contribution < -0.4 is 10.1 Å². The van der Waals surface area contributed by atoms with Crippen LogP contribution in [0.25, 0.3) is 10.2 Å². The van der Waals surface area contributed by atoms with Gasteiger partial charge in [0.05, 0.1) is 22.9 Å². The summed E-state index contributed by atoms with van der Waals surface area (Å²) in [7, 11) is 0. The second kappa shape index (κ2) is 6.41. The third-order valence-corrected chi connectivity index (χ3v) is 4.40. The zero-order chi connectivity index (χ0) is 13.8. The summed E-state index contributed by atoms with van der Waals surface area (Å²) in [6, 6.07) is 6.04. The summed E-state index contributed by atoms with van der Waals surface area (Å²) in [5.74, 6) is 0.908. The van der Waals surface area contributed by atoms with E-state index in [0.29, 0.717) is 12.7 Å². The van der Waals surface area contributed by atoms with Gasteiger partial charge < -0.3 is 14.8 Å². The van der Waals surface area contributed by atoms with E-state index in [9.17, 15) is 0 Å². The Morgan fingerprint density at radius 1 is 1.45 bits per heavy atom. The molecule has 4 nitrogen and oxygen atoms in total. The molecular formula is C15H20N2O2S. The highest BCUT2D eigenvalue weighted by atomic mass is 32.1. The van der Waals surface area contributed by atoms with Crippen molar-refractivity contribution in [3.63, 3.8) is 0 Å². The molecule has 1 N–H and O–H groups in total. The van der Waals surface area contributed by atoms with Gasteiger partial charge in [-0.15, -0.1) is 0 Å². The van der Waals surface area contributed by atoms with Gasteiger partial charge in [0, 0.05) is 13.2 Å². The van der Waals surface area contributed by atoms with Crippen molar-refractivity contribution in [1.82, 2.24) is 4.98 Å². The Labute approximate surface area is 123 Å². The highest BCUT2D eigenvalue weighted by Crippen LogP contribution is 2.29. The normalized spacial score (nSPS) is 19.1. The number of nitrogens with one attached hydrogen (secondary N) is 1. The molecule has 108 valence electrons. The van der Waals surface area contributed by atoms with Crippen LogP contribution in [0.2, 0.25) is 0 Å². The fraction of sp³-hybridized carbons (Fsp3) is 0.533. The van der Waals surface area contributed by atoms with Crippen molar-refractivity contribution in [3.8, 4) is 5.75 Å². The molecule has 0 radical (unpaired) electrons. The molecular weight excluding hydrogens is 272 g/mol. The number of anilines is 1. The number of aromatic nitrogens is 1. The van der Waals surface area contributed by atoms with Crippen molar-refractivity contribution < 1.29 is 9.47 Å². The first-order chi connectivity index (χ1) is 9.85. The Bertz CT molecular complexity index is 564. The Balaban J connectivity index is 1.65. The predicted octanol–water partition coefficient (Wildman–Crippen LogP) is 3.68. The molecule has 1 aromatic heterocycles. The Morgan fingerprint density at radius 3 is 3.20 bits per heavy atom. The molecule has 1 aliphatic rings. The van der Waals surface area contributed by atoms with Crippen LogP contribution in [0, 0.1) is 0 Å². The first-order valence-electron chi connectivity index (χ1n) is 7.24. The van der Waals surface area contributed by atoms with Crippen LogP contribution in [0.1, 0.15) is 26.2 Å². The molecule has 20 heavy (non-hydrogen) atoms. The Kier molecular flexibility index (Phi) is 4.38. The van der Waals surface area contributed by atoms with Crippen molar-refractivity contribution in [2.24, 2.45) is 0 Å². The number of ether oxygens (including phenoxy) is 2. The van der Waals surface area contributed by atoms with E-state index in [2.05, 4.69) is 16.4 Å². The van der Waals surface area contributed by atoms with Gasteiger partial charge in [-0.25, -0.2) is 4.98 Å². The van der Waals surface area contributed by atoms with Gasteiger partial charge in [0.2, 0.25) is 0 Å². The second-order valence-electron chi connectivity index (χ2n) is 4.95.